The molecule has 2 N–H and O–H groups in total. The van der Waals surface area contributed by atoms with Gasteiger partial charge in [-0.2, -0.15) is 0 Å². The SMILES string of the molecule is Cc1cccc(C)c1CNC(=O)[C@@H]1CCCCN1.Cl. The Labute approximate surface area is 121 Å². The average Bonchev–Trinajstić information content (AvgIpc) is 2.39. The van der Waals surface area contributed by atoms with Crippen LogP contribution in [0.1, 0.15) is 36.0 Å². The van der Waals surface area contributed by atoms with Crippen molar-refractivity contribution in [2.45, 2.75) is 45.7 Å². The summed E-state index contributed by atoms with van der Waals surface area (Å²) in [6.07, 6.45) is 3.29. The summed E-state index contributed by atoms with van der Waals surface area (Å²) in [7, 11) is 0. The number of halogens is 1. The number of aryl methyl sites for hydroxylation is 2. The van der Waals surface area contributed by atoms with Crippen molar-refractivity contribution in [2.24, 2.45) is 0 Å². The first-order valence-corrected chi connectivity index (χ1v) is 6.74. The highest BCUT2D eigenvalue weighted by molar-refractivity contribution is 5.85. The molecule has 0 bridgehead atoms. The molecule has 106 valence electrons. The van der Waals surface area contributed by atoms with Crippen LogP contribution in [0.2, 0.25) is 0 Å². The van der Waals surface area contributed by atoms with Crippen molar-refractivity contribution in [2.75, 3.05) is 6.54 Å². The van der Waals surface area contributed by atoms with E-state index in [2.05, 4.69) is 42.7 Å². The summed E-state index contributed by atoms with van der Waals surface area (Å²) in [5, 5.41) is 6.32. The van der Waals surface area contributed by atoms with Gasteiger partial charge in [-0.05, 0) is 49.9 Å². The zero-order valence-corrected chi connectivity index (χ0v) is 12.5. The van der Waals surface area contributed by atoms with Gasteiger partial charge in [-0.25, -0.2) is 0 Å². The predicted molar refractivity (Wildman–Crippen MR) is 80.7 cm³/mol. The van der Waals surface area contributed by atoms with Crippen molar-refractivity contribution in [1.29, 1.82) is 0 Å². The van der Waals surface area contributed by atoms with Gasteiger partial charge in [0.2, 0.25) is 5.91 Å². The molecule has 1 fully saturated rings. The lowest BCUT2D eigenvalue weighted by Crippen LogP contribution is -2.46. The average molecular weight is 283 g/mol. The largest absolute Gasteiger partial charge is 0.351 e. The number of benzene rings is 1. The van der Waals surface area contributed by atoms with Gasteiger partial charge in [0.1, 0.15) is 0 Å². The van der Waals surface area contributed by atoms with Crippen molar-refractivity contribution in [3.05, 3.63) is 34.9 Å². The molecule has 1 aromatic rings. The van der Waals surface area contributed by atoms with Crippen molar-refractivity contribution in [3.63, 3.8) is 0 Å². The van der Waals surface area contributed by atoms with Gasteiger partial charge in [0.25, 0.3) is 0 Å². The minimum Gasteiger partial charge on any atom is -0.351 e. The Bertz CT molecular complexity index is 408. The summed E-state index contributed by atoms with van der Waals surface area (Å²) in [5.41, 5.74) is 3.72. The minimum absolute atomic E-state index is 0. The highest BCUT2D eigenvalue weighted by Gasteiger charge is 2.20. The molecule has 0 spiro atoms. The highest BCUT2D eigenvalue weighted by atomic mass is 35.5. The van der Waals surface area contributed by atoms with E-state index in [1.807, 2.05) is 0 Å². The van der Waals surface area contributed by atoms with Gasteiger partial charge in [0, 0.05) is 6.54 Å². The Morgan fingerprint density at radius 2 is 2.00 bits per heavy atom. The Kier molecular flexibility index (Phi) is 6.32. The van der Waals surface area contributed by atoms with Crippen LogP contribution in [0.15, 0.2) is 18.2 Å². The molecule has 2 rings (SSSR count). The molecule has 1 heterocycles. The van der Waals surface area contributed by atoms with Crippen molar-refractivity contribution < 1.29 is 4.79 Å². The fourth-order valence-electron chi connectivity index (χ4n) is 2.50. The predicted octanol–water partition coefficient (Wildman–Crippen LogP) is 2.48. The first kappa shape index (κ1) is 16.0. The third-order valence-electron chi connectivity index (χ3n) is 3.71. The van der Waals surface area contributed by atoms with Crippen LogP contribution in [0.3, 0.4) is 0 Å². The normalized spacial score (nSPS) is 18.5. The molecule has 0 radical (unpaired) electrons. The lowest BCUT2D eigenvalue weighted by molar-refractivity contribution is -0.123. The van der Waals surface area contributed by atoms with Crippen LogP contribution in [-0.4, -0.2) is 18.5 Å². The Hall–Kier alpha value is -1.06. The first-order chi connectivity index (χ1) is 8.68. The maximum absolute atomic E-state index is 12.0. The minimum atomic E-state index is 0. The molecule has 0 aromatic heterocycles. The standard InChI is InChI=1S/C15H22N2O.ClH/c1-11-6-5-7-12(2)13(11)10-17-15(18)14-8-3-4-9-16-14;/h5-7,14,16H,3-4,8-10H2,1-2H3,(H,17,18);1H/t14-;/m0./s1. The van der Waals surface area contributed by atoms with E-state index in [9.17, 15) is 4.79 Å². The van der Waals surface area contributed by atoms with E-state index in [4.69, 9.17) is 0 Å². The monoisotopic (exact) mass is 282 g/mol. The summed E-state index contributed by atoms with van der Waals surface area (Å²) in [6.45, 7) is 5.78. The molecule has 1 amide bonds. The fraction of sp³-hybridized carbons (Fsp3) is 0.533. The molecular formula is C15H23ClN2O. The van der Waals surface area contributed by atoms with E-state index >= 15 is 0 Å². The van der Waals surface area contributed by atoms with Crippen LogP contribution in [0, 0.1) is 13.8 Å². The molecule has 0 unspecified atom stereocenters. The van der Waals surface area contributed by atoms with Gasteiger partial charge in [-0.3, -0.25) is 4.79 Å². The second kappa shape index (κ2) is 7.51. The van der Waals surface area contributed by atoms with Crippen molar-refractivity contribution in [3.8, 4) is 0 Å². The third-order valence-corrected chi connectivity index (χ3v) is 3.71. The van der Waals surface area contributed by atoms with Gasteiger partial charge in [-0.1, -0.05) is 24.6 Å². The second-order valence-corrected chi connectivity index (χ2v) is 5.09. The molecule has 1 atom stereocenters. The summed E-state index contributed by atoms with van der Waals surface area (Å²) >= 11 is 0. The molecule has 0 aliphatic carbocycles. The van der Waals surface area contributed by atoms with Gasteiger partial charge < -0.3 is 10.6 Å². The Morgan fingerprint density at radius 1 is 1.32 bits per heavy atom. The lowest BCUT2D eigenvalue weighted by Gasteiger charge is -2.23. The van der Waals surface area contributed by atoms with Gasteiger partial charge >= 0.3 is 0 Å². The highest BCUT2D eigenvalue weighted by Crippen LogP contribution is 2.13. The van der Waals surface area contributed by atoms with E-state index in [1.165, 1.54) is 23.1 Å². The van der Waals surface area contributed by atoms with E-state index < -0.39 is 0 Å². The first-order valence-electron chi connectivity index (χ1n) is 6.74. The number of hydrogen-bond acceptors (Lipinski definition) is 2. The quantitative estimate of drug-likeness (QED) is 0.894. The number of piperidine rings is 1. The maximum atomic E-state index is 12.0. The van der Waals surface area contributed by atoms with Crippen LogP contribution < -0.4 is 10.6 Å². The van der Waals surface area contributed by atoms with Gasteiger partial charge in [0.15, 0.2) is 0 Å². The molecule has 19 heavy (non-hydrogen) atoms. The maximum Gasteiger partial charge on any atom is 0.237 e. The molecular weight excluding hydrogens is 260 g/mol. The molecule has 1 aromatic carbocycles. The third kappa shape index (κ3) is 4.22. The molecule has 4 heteroatoms. The molecule has 3 nitrogen and oxygen atoms in total. The summed E-state index contributed by atoms with van der Waals surface area (Å²) in [5.74, 6) is 0.136. The van der Waals surface area contributed by atoms with E-state index in [0.717, 1.165) is 19.4 Å². The number of nitrogens with one attached hydrogen (secondary N) is 2. The lowest BCUT2D eigenvalue weighted by atomic mass is 10.0. The molecule has 0 saturated carbocycles. The number of hydrogen-bond donors (Lipinski definition) is 2. The number of amides is 1. The number of carbonyl (C=O) groups excluding carboxylic acids is 1. The van der Waals surface area contributed by atoms with Crippen LogP contribution in [0.25, 0.3) is 0 Å². The molecule has 1 aliphatic rings. The number of rotatable bonds is 3. The summed E-state index contributed by atoms with van der Waals surface area (Å²) in [4.78, 5) is 12.0. The van der Waals surface area contributed by atoms with Crippen molar-refractivity contribution >= 4 is 18.3 Å². The molecule has 1 saturated heterocycles. The zero-order valence-electron chi connectivity index (χ0n) is 11.7. The van der Waals surface area contributed by atoms with E-state index in [0.29, 0.717) is 6.54 Å². The van der Waals surface area contributed by atoms with E-state index in [-0.39, 0.29) is 24.4 Å². The zero-order chi connectivity index (χ0) is 13.0. The molecule has 1 aliphatic heterocycles. The van der Waals surface area contributed by atoms with Crippen LogP contribution >= 0.6 is 12.4 Å². The van der Waals surface area contributed by atoms with Crippen molar-refractivity contribution in [1.82, 2.24) is 10.6 Å². The Morgan fingerprint density at radius 3 is 2.58 bits per heavy atom. The van der Waals surface area contributed by atoms with Gasteiger partial charge in [0.05, 0.1) is 6.04 Å². The summed E-state index contributed by atoms with van der Waals surface area (Å²) in [6, 6.07) is 6.24. The van der Waals surface area contributed by atoms with Crippen LogP contribution in [0.5, 0.6) is 0 Å². The van der Waals surface area contributed by atoms with E-state index in [1.54, 1.807) is 0 Å². The number of carbonyl (C=O) groups is 1. The Balaban J connectivity index is 0.00000180. The topological polar surface area (TPSA) is 41.1 Å². The summed E-state index contributed by atoms with van der Waals surface area (Å²) < 4.78 is 0. The fourth-order valence-corrected chi connectivity index (χ4v) is 2.50. The van der Waals surface area contributed by atoms with Crippen LogP contribution in [0.4, 0.5) is 0 Å². The van der Waals surface area contributed by atoms with Gasteiger partial charge in [-0.15, -0.1) is 12.4 Å². The second-order valence-electron chi connectivity index (χ2n) is 5.09. The van der Waals surface area contributed by atoms with Crippen LogP contribution in [-0.2, 0) is 11.3 Å². The smallest absolute Gasteiger partial charge is 0.237 e.